The number of esters is 1. The van der Waals surface area contributed by atoms with E-state index in [1.165, 1.54) is 11.1 Å². The number of benzene rings is 2. The van der Waals surface area contributed by atoms with Crippen LogP contribution in [-0.4, -0.2) is 30.8 Å². The van der Waals surface area contributed by atoms with Gasteiger partial charge in [0.1, 0.15) is 16.5 Å². The molecule has 0 N–H and O–H groups in total. The fourth-order valence-corrected chi connectivity index (χ4v) is 5.51. The molecule has 0 saturated carbocycles. The summed E-state index contributed by atoms with van der Waals surface area (Å²) in [6.45, 7) is 5.21. The van der Waals surface area contributed by atoms with Crippen LogP contribution in [0.5, 0.6) is 11.5 Å². The van der Waals surface area contributed by atoms with Crippen LogP contribution in [0.2, 0.25) is 0 Å². The van der Waals surface area contributed by atoms with E-state index < -0.39 is 11.9 Å². The molecule has 1 aliphatic carbocycles. The second kappa shape index (κ2) is 12.7. The number of ether oxygens (including phenoxy) is 3. The number of fused-ring (bicyclic) bond motifs is 1. The molecule has 1 heterocycles. The zero-order valence-corrected chi connectivity index (χ0v) is 22.4. The van der Waals surface area contributed by atoms with Gasteiger partial charge in [-0.1, -0.05) is 19.4 Å². The van der Waals surface area contributed by atoms with Crippen LogP contribution in [0.15, 0.2) is 41.8 Å². The van der Waals surface area contributed by atoms with Crippen molar-refractivity contribution >= 4 is 17.3 Å². The van der Waals surface area contributed by atoms with Crippen molar-refractivity contribution in [1.29, 1.82) is 0 Å². The lowest BCUT2D eigenvalue weighted by molar-refractivity contribution is -0.143. The highest BCUT2D eigenvalue weighted by molar-refractivity contribution is 7.13. The van der Waals surface area contributed by atoms with Gasteiger partial charge in [-0.2, -0.15) is 13.2 Å². The van der Waals surface area contributed by atoms with E-state index in [9.17, 15) is 18.0 Å². The summed E-state index contributed by atoms with van der Waals surface area (Å²) in [5.41, 5.74) is 3.17. The lowest BCUT2D eigenvalue weighted by atomic mass is 9.98. The maximum atomic E-state index is 12.9. The standard InChI is InChI=1S/C29H32F3NO4S/c1-3-6-21-15-22(28-33-26(18-38-28)29(30,31)32)9-12-25(21)37-14-5-13-36-23-10-11-24-19(16-23)7-8-20(24)17-27(34)35-4-2/h9-12,15-16,18,20H,3-8,13-14,17H2,1-2H3/t20-/m0/s1. The van der Waals surface area contributed by atoms with Gasteiger partial charge in [0.2, 0.25) is 0 Å². The Morgan fingerprint density at radius 3 is 2.66 bits per heavy atom. The molecule has 0 radical (unpaired) electrons. The molecule has 38 heavy (non-hydrogen) atoms. The monoisotopic (exact) mass is 547 g/mol. The van der Waals surface area contributed by atoms with Gasteiger partial charge >= 0.3 is 12.1 Å². The smallest absolute Gasteiger partial charge is 0.434 e. The molecule has 0 saturated heterocycles. The minimum absolute atomic E-state index is 0.152. The Labute approximate surface area is 225 Å². The highest BCUT2D eigenvalue weighted by atomic mass is 32.1. The number of carbonyl (C=O) groups excluding carboxylic acids is 1. The van der Waals surface area contributed by atoms with Crippen LogP contribution in [-0.2, 0) is 28.5 Å². The van der Waals surface area contributed by atoms with Crippen molar-refractivity contribution in [2.45, 2.75) is 64.5 Å². The van der Waals surface area contributed by atoms with E-state index in [1.807, 2.05) is 32.0 Å². The van der Waals surface area contributed by atoms with Crippen molar-refractivity contribution in [3.63, 3.8) is 0 Å². The maximum Gasteiger partial charge on any atom is 0.434 e. The Morgan fingerprint density at radius 1 is 1.11 bits per heavy atom. The number of hydrogen-bond donors (Lipinski definition) is 0. The fraction of sp³-hybridized carbons (Fsp3) is 0.448. The first kappa shape index (κ1) is 28.0. The van der Waals surface area contributed by atoms with Crippen molar-refractivity contribution in [3.8, 4) is 22.1 Å². The molecular formula is C29H32F3NO4S. The molecule has 1 atom stereocenters. The van der Waals surface area contributed by atoms with Crippen LogP contribution in [0.1, 0.15) is 67.8 Å². The summed E-state index contributed by atoms with van der Waals surface area (Å²) in [7, 11) is 0. The van der Waals surface area contributed by atoms with Gasteiger partial charge in [-0.05, 0) is 79.1 Å². The summed E-state index contributed by atoms with van der Waals surface area (Å²) < 4.78 is 55.8. The van der Waals surface area contributed by atoms with Gasteiger partial charge < -0.3 is 14.2 Å². The first-order valence-electron chi connectivity index (χ1n) is 13.0. The number of rotatable bonds is 12. The number of alkyl halides is 3. The Balaban J connectivity index is 1.28. The summed E-state index contributed by atoms with van der Waals surface area (Å²) in [5.74, 6) is 1.59. The third kappa shape index (κ3) is 7.07. The SMILES string of the molecule is CCCc1cc(-c2nc(C(F)(F)F)cs2)ccc1OCCCOc1ccc2c(c1)CC[C@H]2CC(=O)OCC. The number of nitrogens with zero attached hydrogens (tertiary/aromatic N) is 1. The van der Waals surface area contributed by atoms with Crippen LogP contribution in [0.25, 0.3) is 10.6 Å². The van der Waals surface area contributed by atoms with Crippen LogP contribution >= 0.6 is 11.3 Å². The largest absolute Gasteiger partial charge is 0.493 e. The third-order valence-corrected chi connectivity index (χ3v) is 7.36. The van der Waals surface area contributed by atoms with Crippen LogP contribution < -0.4 is 9.47 Å². The second-order valence-corrected chi connectivity index (χ2v) is 10.1. The molecule has 0 amide bonds. The minimum Gasteiger partial charge on any atom is -0.493 e. The quantitative estimate of drug-likeness (QED) is 0.173. The molecule has 1 aromatic heterocycles. The number of carbonyl (C=O) groups is 1. The van der Waals surface area contributed by atoms with E-state index in [1.54, 1.807) is 6.07 Å². The van der Waals surface area contributed by atoms with E-state index in [2.05, 4.69) is 17.1 Å². The van der Waals surface area contributed by atoms with Crippen molar-refractivity contribution in [1.82, 2.24) is 4.98 Å². The van der Waals surface area contributed by atoms with E-state index in [0.29, 0.717) is 43.2 Å². The molecular weight excluding hydrogens is 515 g/mol. The van der Waals surface area contributed by atoms with E-state index in [-0.39, 0.29) is 11.9 Å². The predicted molar refractivity (Wildman–Crippen MR) is 141 cm³/mol. The number of halogens is 3. The van der Waals surface area contributed by atoms with Gasteiger partial charge in [-0.25, -0.2) is 4.98 Å². The van der Waals surface area contributed by atoms with E-state index in [4.69, 9.17) is 14.2 Å². The van der Waals surface area contributed by atoms with Crippen molar-refractivity contribution in [2.75, 3.05) is 19.8 Å². The van der Waals surface area contributed by atoms with Gasteiger partial charge in [0, 0.05) is 17.4 Å². The third-order valence-electron chi connectivity index (χ3n) is 6.47. The molecule has 3 aromatic rings. The summed E-state index contributed by atoms with van der Waals surface area (Å²) in [6.07, 6.45) is 0.148. The van der Waals surface area contributed by atoms with E-state index in [0.717, 1.165) is 59.5 Å². The second-order valence-electron chi connectivity index (χ2n) is 9.26. The molecule has 0 fully saturated rings. The zero-order chi connectivity index (χ0) is 27.1. The normalized spacial score (nSPS) is 14.8. The molecule has 0 bridgehead atoms. The van der Waals surface area contributed by atoms with Gasteiger partial charge in [-0.15, -0.1) is 11.3 Å². The molecule has 0 aliphatic heterocycles. The predicted octanol–water partition coefficient (Wildman–Crippen LogP) is 7.61. The number of aryl methyl sites for hydroxylation is 2. The topological polar surface area (TPSA) is 57.7 Å². The number of aromatic nitrogens is 1. The molecule has 4 rings (SSSR count). The molecule has 1 aliphatic rings. The van der Waals surface area contributed by atoms with Gasteiger partial charge in [-0.3, -0.25) is 4.79 Å². The molecule has 204 valence electrons. The summed E-state index contributed by atoms with van der Waals surface area (Å²) in [4.78, 5) is 15.6. The Morgan fingerprint density at radius 2 is 1.92 bits per heavy atom. The average molecular weight is 548 g/mol. The summed E-state index contributed by atoms with van der Waals surface area (Å²) in [5, 5.41) is 1.39. The zero-order valence-electron chi connectivity index (χ0n) is 21.6. The molecule has 2 aromatic carbocycles. The Kier molecular flexibility index (Phi) is 9.31. The lowest BCUT2D eigenvalue weighted by Crippen LogP contribution is -2.08. The highest BCUT2D eigenvalue weighted by Gasteiger charge is 2.34. The van der Waals surface area contributed by atoms with Crippen LogP contribution in [0, 0.1) is 0 Å². The Bertz CT molecular complexity index is 1240. The van der Waals surface area contributed by atoms with Gasteiger partial charge in [0.05, 0.1) is 26.2 Å². The first-order valence-corrected chi connectivity index (χ1v) is 13.9. The lowest BCUT2D eigenvalue weighted by Gasteiger charge is -2.14. The van der Waals surface area contributed by atoms with Crippen molar-refractivity contribution in [2.24, 2.45) is 0 Å². The van der Waals surface area contributed by atoms with Crippen LogP contribution in [0.3, 0.4) is 0 Å². The van der Waals surface area contributed by atoms with Gasteiger partial charge in [0.25, 0.3) is 0 Å². The summed E-state index contributed by atoms with van der Waals surface area (Å²) in [6, 6.07) is 11.5. The average Bonchev–Trinajstić information content (AvgIpc) is 3.53. The highest BCUT2D eigenvalue weighted by Crippen LogP contribution is 2.38. The van der Waals surface area contributed by atoms with Gasteiger partial charge in [0.15, 0.2) is 5.69 Å². The number of hydrogen-bond acceptors (Lipinski definition) is 6. The maximum absolute atomic E-state index is 12.9. The van der Waals surface area contributed by atoms with Crippen molar-refractivity contribution in [3.05, 3.63) is 64.2 Å². The first-order chi connectivity index (χ1) is 18.3. The molecule has 0 spiro atoms. The molecule has 5 nitrogen and oxygen atoms in total. The molecule has 0 unspecified atom stereocenters. The van der Waals surface area contributed by atoms with Crippen molar-refractivity contribution < 1.29 is 32.2 Å². The number of thiazole rings is 1. The fourth-order valence-electron chi connectivity index (χ4n) is 4.69. The minimum atomic E-state index is -4.45. The summed E-state index contributed by atoms with van der Waals surface area (Å²) >= 11 is 0.987. The van der Waals surface area contributed by atoms with Crippen LogP contribution in [0.4, 0.5) is 13.2 Å². The van der Waals surface area contributed by atoms with E-state index >= 15 is 0 Å². The Hall–Kier alpha value is -3.07. The molecule has 9 heteroatoms.